The monoisotopic (exact) mass is 498 g/mol. The van der Waals surface area contributed by atoms with Crippen LogP contribution in [0.25, 0.3) is 0 Å². The van der Waals surface area contributed by atoms with Crippen molar-refractivity contribution in [3.05, 3.63) is 75.2 Å². The van der Waals surface area contributed by atoms with Crippen LogP contribution < -0.4 is 4.72 Å². The second-order valence-electron chi connectivity index (χ2n) is 8.57. The van der Waals surface area contributed by atoms with Gasteiger partial charge in [0.1, 0.15) is 0 Å². The molecule has 0 spiro atoms. The molecule has 1 amide bonds. The van der Waals surface area contributed by atoms with Crippen LogP contribution in [0.5, 0.6) is 0 Å². The molecule has 1 aliphatic rings. The first-order chi connectivity index (χ1) is 16.3. The SMILES string of the molecule is CCc1nc(CN2CCN(C(=O)c3ccccc3NS(=O)(=O)c3cc(C)ccc3C)CC2)cs1. The lowest BCUT2D eigenvalue weighted by molar-refractivity contribution is 0.0628. The predicted octanol–water partition coefficient (Wildman–Crippen LogP) is 4.08. The summed E-state index contributed by atoms with van der Waals surface area (Å²) in [6, 6.07) is 12.1. The summed E-state index contributed by atoms with van der Waals surface area (Å²) in [6.45, 7) is 9.18. The molecule has 9 heteroatoms. The molecule has 0 unspecified atom stereocenters. The first-order valence-corrected chi connectivity index (χ1v) is 13.8. The second kappa shape index (κ2) is 10.2. The lowest BCUT2D eigenvalue weighted by Crippen LogP contribution is -2.48. The Morgan fingerprint density at radius 3 is 2.53 bits per heavy atom. The van der Waals surface area contributed by atoms with E-state index < -0.39 is 10.0 Å². The number of carbonyl (C=O) groups is 1. The number of hydrogen-bond acceptors (Lipinski definition) is 6. The van der Waals surface area contributed by atoms with E-state index in [1.54, 1.807) is 59.6 Å². The van der Waals surface area contributed by atoms with Crippen molar-refractivity contribution in [3.8, 4) is 0 Å². The van der Waals surface area contributed by atoms with Crippen molar-refractivity contribution in [2.24, 2.45) is 0 Å². The van der Waals surface area contributed by atoms with Gasteiger partial charge in [-0.2, -0.15) is 0 Å². The fraction of sp³-hybridized carbons (Fsp3) is 0.360. The molecule has 0 aliphatic carbocycles. The van der Waals surface area contributed by atoms with Crippen LogP contribution in [0.2, 0.25) is 0 Å². The maximum Gasteiger partial charge on any atom is 0.262 e. The van der Waals surface area contributed by atoms with Gasteiger partial charge in [0.15, 0.2) is 0 Å². The maximum atomic E-state index is 13.3. The lowest BCUT2D eigenvalue weighted by atomic mass is 10.1. The standard InChI is InChI=1S/C25H30N4O3S2/c1-4-24-26-20(17-33-24)16-28-11-13-29(14-12-28)25(30)21-7-5-6-8-22(21)27-34(31,32)23-15-18(2)9-10-19(23)3/h5-10,15,17,27H,4,11-14,16H2,1-3H3. The normalized spacial score (nSPS) is 14.9. The van der Waals surface area contributed by atoms with Crippen LogP contribution in [0, 0.1) is 13.8 Å². The molecule has 0 bridgehead atoms. The zero-order valence-electron chi connectivity index (χ0n) is 19.7. The predicted molar refractivity (Wildman–Crippen MR) is 136 cm³/mol. The first-order valence-electron chi connectivity index (χ1n) is 11.4. The average molecular weight is 499 g/mol. The number of aromatic nitrogens is 1. The van der Waals surface area contributed by atoms with Crippen molar-refractivity contribution in [1.29, 1.82) is 0 Å². The summed E-state index contributed by atoms with van der Waals surface area (Å²) < 4.78 is 28.9. The van der Waals surface area contributed by atoms with E-state index in [9.17, 15) is 13.2 Å². The number of thiazole rings is 1. The van der Waals surface area contributed by atoms with Crippen LogP contribution in [0.4, 0.5) is 5.69 Å². The summed E-state index contributed by atoms with van der Waals surface area (Å²) in [7, 11) is -3.83. The summed E-state index contributed by atoms with van der Waals surface area (Å²) in [6.07, 6.45) is 0.944. The van der Waals surface area contributed by atoms with Gasteiger partial charge in [0.2, 0.25) is 0 Å². The van der Waals surface area contributed by atoms with Crippen LogP contribution in [0.1, 0.15) is 39.1 Å². The molecule has 34 heavy (non-hydrogen) atoms. The van der Waals surface area contributed by atoms with Crippen molar-refractivity contribution in [2.75, 3.05) is 30.9 Å². The number of carbonyl (C=O) groups excluding carboxylic acids is 1. The Bertz CT molecular complexity index is 1280. The molecule has 1 saturated heterocycles. The fourth-order valence-corrected chi connectivity index (χ4v) is 6.19. The second-order valence-corrected chi connectivity index (χ2v) is 11.2. The molecule has 1 aliphatic heterocycles. The number of sulfonamides is 1. The number of hydrogen-bond donors (Lipinski definition) is 1. The van der Waals surface area contributed by atoms with Gasteiger partial charge in [-0.05, 0) is 49.6 Å². The molecule has 2 heterocycles. The maximum absolute atomic E-state index is 13.3. The summed E-state index contributed by atoms with van der Waals surface area (Å²) in [5.41, 5.74) is 3.25. The zero-order valence-corrected chi connectivity index (χ0v) is 21.4. The van der Waals surface area contributed by atoms with Crippen molar-refractivity contribution < 1.29 is 13.2 Å². The average Bonchev–Trinajstić information content (AvgIpc) is 3.28. The number of nitrogens with zero attached hydrogens (tertiary/aromatic N) is 3. The van der Waals surface area contributed by atoms with E-state index in [0.29, 0.717) is 29.9 Å². The van der Waals surface area contributed by atoms with Crippen LogP contribution in [0.3, 0.4) is 0 Å². The molecule has 3 aromatic rings. The van der Waals surface area contributed by atoms with Crippen molar-refractivity contribution >= 4 is 33.0 Å². The summed E-state index contributed by atoms with van der Waals surface area (Å²) in [5.74, 6) is -0.166. The van der Waals surface area contributed by atoms with E-state index in [1.807, 2.05) is 13.0 Å². The number of piperazine rings is 1. The topological polar surface area (TPSA) is 82.6 Å². The van der Waals surface area contributed by atoms with Crippen molar-refractivity contribution in [3.63, 3.8) is 0 Å². The van der Waals surface area contributed by atoms with Gasteiger partial charge in [0.25, 0.3) is 15.9 Å². The number of rotatable bonds is 7. The number of amides is 1. The Kier molecular flexibility index (Phi) is 7.35. The van der Waals surface area contributed by atoms with E-state index in [1.165, 1.54) is 0 Å². The van der Waals surface area contributed by atoms with Crippen molar-refractivity contribution in [1.82, 2.24) is 14.8 Å². The number of aryl methyl sites for hydroxylation is 3. The third-order valence-electron chi connectivity index (χ3n) is 5.98. The van der Waals surface area contributed by atoms with Crippen LogP contribution in [0.15, 0.2) is 52.7 Å². The molecular formula is C25H30N4O3S2. The molecule has 2 aromatic carbocycles. The minimum absolute atomic E-state index is 0.166. The summed E-state index contributed by atoms with van der Waals surface area (Å²) in [4.78, 5) is 22.3. The minimum Gasteiger partial charge on any atom is -0.336 e. The molecule has 0 atom stereocenters. The Hall–Kier alpha value is -2.75. The van der Waals surface area contributed by atoms with Gasteiger partial charge in [0, 0.05) is 38.1 Å². The molecule has 1 fully saturated rings. The highest BCUT2D eigenvalue weighted by atomic mass is 32.2. The number of para-hydroxylation sites is 1. The summed E-state index contributed by atoms with van der Waals surface area (Å²) in [5, 5.41) is 3.25. The third-order valence-corrected chi connectivity index (χ3v) is 8.53. The lowest BCUT2D eigenvalue weighted by Gasteiger charge is -2.34. The van der Waals surface area contributed by atoms with Gasteiger partial charge >= 0.3 is 0 Å². The fourth-order valence-electron chi connectivity index (χ4n) is 4.05. The highest BCUT2D eigenvalue weighted by molar-refractivity contribution is 7.92. The molecule has 0 saturated carbocycles. The molecule has 0 radical (unpaired) electrons. The quantitative estimate of drug-likeness (QED) is 0.531. The van der Waals surface area contributed by atoms with Gasteiger partial charge in [-0.1, -0.05) is 31.2 Å². The van der Waals surface area contributed by atoms with Gasteiger partial charge < -0.3 is 4.90 Å². The number of anilines is 1. The largest absolute Gasteiger partial charge is 0.336 e. The van der Waals surface area contributed by atoms with Crippen LogP contribution in [-0.2, 0) is 23.0 Å². The third kappa shape index (κ3) is 5.48. The smallest absolute Gasteiger partial charge is 0.262 e. The molecule has 180 valence electrons. The molecular weight excluding hydrogens is 468 g/mol. The van der Waals surface area contributed by atoms with E-state index in [-0.39, 0.29) is 10.8 Å². The Balaban J connectivity index is 1.45. The van der Waals surface area contributed by atoms with Gasteiger partial charge in [0.05, 0.1) is 26.8 Å². The van der Waals surface area contributed by atoms with Crippen molar-refractivity contribution in [2.45, 2.75) is 38.6 Å². The van der Waals surface area contributed by atoms with Crippen LogP contribution in [-0.4, -0.2) is 55.3 Å². The minimum atomic E-state index is -3.83. The first kappa shape index (κ1) is 24.4. The molecule has 1 aromatic heterocycles. The van der Waals surface area contributed by atoms with Crippen LogP contribution >= 0.6 is 11.3 Å². The van der Waals surface area contributed by atoms with Gasteiger partial charge in [-0.15, -0.1) is 11.3 Å². The number of benzene rings is 2. The van der Waals surface area contributed by atoms with E-state index in [2.05, 4.69) is 26.9 Å². The van der Waals surface area contributed by atoms with E-state index in [0.717, 1.165) is 42.3 Å². The number of nitrogens with one attached hydrogen (secondary N) is 1. The highest BCUT2D eigenvalue weighted by Gasteiger charge is 2.26. The zero-order chi connectivity index (χ0) is 24.3. The van der Waals surface area contributed by atoms with E-state index >= 15 is 0 Å². The van der Waals surface area contributed by atoms with Gasteiger partial charge in [-0.25, -0.2) is 13.4 Å². The molecule has 7 nitrogen and oxygen atoms in total. The summed E-state index contributed by atoms with van der Waals surface area (Å²) >= 11 is 1.69. The molecule has 1 N–H and O–H groups in total. The van der Waals surface area contributed by atoms with E-state index in [4.69, 9.17) is 0 Å². The highest BCUT2D eigenvalue weighted by Crippen LogP contribution is 2.24. The molecule has 4 rings (SSSR count). The van der Waals surface area contributed by atoms with Gasteiger partial charge in [-0.3, -0.25) is 14.4 Å². The Morgan fingerprint density at radius 1 is 1.09 bits per heavy atom. The Morgan fingerprint density at radius 2 is 1.82 bits per heavy atom. The Labute approximate surface area is 205 Å².